The van der Waals surface area contributed by atoms with E-state index in [-0.39, 0.29) is 18.3 Å². The Morgan fingerprint density at radius 2 is 1.86 bits per heavy atom. The number of carbonyl (C=O) groups excluding carboxylic acids is 2. The van der Waals surface area contributed by atoms with E-state index >= 15 is 0 Å². The predicted molar refractivity (Wildman–Crippen MR) is 115 cm³/mol. The topological polar surface area (TPSA) is 58.6 Å². The molecule has 1 heterocycles. The fourth-order valence-electron chi connectivity index (χ4n) is 2.70. The minimum absolute atomic E-state index is 0.0421. The molecule has 0 spiro atoms. The van der Waals surface area contributed by atoms with Crippen LogP contribution in [0.5, 0.6) is 5.75 Å². The van der Waals surface area contributed by atoms with Crippen molar-refractivity contribution in [2.75, 3.05) is 0 Å². The fourth-order valence-corrected chi connectivity index (χ4v) is 3.41. The Balaban J connectivity index is 1.78. The number of carbonyl (C=O) groups is 2. The van der Waals surface area contributed by atoms with E-state index in [1.165, 1.54) is 0 Å². The first-order valence-corrected chi connectivity index (χ1v) is 10.2. The van der Waals surface area contributed by atoms with E-state index in [1.54, 1.807) is 42.5 Å². The van der Waals surface area contributed by atoms with Crippen LogP contribution in [0.15, 0.2) is 42.1 Å². The maximum absolute atomic E-state index is 12.7. The Morgan fingerprint density at radius 3 is 2.52 bits per heavy atom. The monoisotopic (exact) mass is 452 g/mol. The zero-order valence-corrected chi connectivity index (χ0v) is 18.1. The highest BCUT2D eigenvalue weighted by molar-refractivity contribution is 6.35. The van der Waals surface area contributed by atoms with Gasteiger partial charge in [0.15, 0.2) is 0 Å². The second-order valence-electron chi connectivity index (χ2n) is 6.64. The average Bonchev–Trinajstić information content (AvgIpc) is 2.93. The van der Waals surface area contributed by atoms with Gasteiger partial charge in [-0.2, -0.15) is 0 Å². The molecule has 0 unspecified atom stereocenters. The Labute approximate surface area is 184 Å². The van der Waals surface area contributed by atoms with Crippen LogP contribution >= 0.6 is 34.8 Å². The lowest BCUT2D eigenvalue weighted by atomic mass is 10.1. The van der Waals surface area contributed by atoms with Gasteiger partial charge in [0.05, 0.1) is 17.7 Å². The number of amides is 3. The normalized spacial score (nSPS) is 16.3. The third-order valence-electron chi connectivity index (χ3n) is 4.48. The molecule has 1 aliphatic heterocycles. The van der Waals surface area contributed by atoms with Gasteiger partial charge < -0.3 is 10.1 Å². The van der Waals surface area contributed by atoms with Crippen molar-refractivity contribution in [1.29, 1.82) is 0 Å². The van der Waals surface area contributed by atoms with Gasteiger partial charge in [0.1, 0.15) is 11.4 Å². The van der Waals surface area contributed by atoms with Crippen molar-refractivity contribution >= 4 is 52.8 Å². The minimum atomic E-state index is -0.518. The lowest BCUT2D eigenvalue weighted by Crippen LogP contribution is -2.30. The molecule has 29 heavy (non-hydrogen) atoms. The lowest BCUT2D eigenvalue weighted by Gasteiger charge is -2.14. The standard InChI is InChI=1S/C21H19Cl3N2O3/c1-3-12(2)29-19-7-4-13(8-17(19)24)9-18-20(27)26(21(28)25-18)11-14-5-6-15(22)10-16(14)23/h4-10,12H,3,11H2,1-2H3,(H,25,28)/b18-9-/t12-/m1/s1. The van der Waals surface area contributed by atoms with E-state index in [4.69, 9.17) is 39.5 Å². The maximum Gasteiger partial charge on any atom is 0.329 e. The van der Waals surface area contributed by atoms with Gasteiger partial charge >= 0.3 is 6.03 Å². The first kappa shape index (κ1) is 21.5. The molecule has 5 nitrogen and oxygen atoms in total. The van der Waals surface area contributed by atoms with Crippen molar-refractivity contribution in [3.05, 3.63) is 68.3 Å². The Morgan fingerprint density at radius 1 is 1.10 bits per heavy atom. The number of urea groups is 1. The quantitative estimate of drug-likeness (QED) is 0.436. The van der Waals surface area contributed by atoms with E-state index in [0.29, 0.717) is 31.9 Å². The van der Waals surface area contributed by atoms with E-state index in [1.807, 2.05) is 13.8 Å². The first-order valence-electron chi connectivity index (χ1n) is 9.03. The lowest BCUT2D eigenvalue weighted by molar-refractivity contribution is -0.123. The molecule has 0 saturated carbocycles. The van der Waals surface area contributed by atoms with Crippen LogP contribution < -0.4 is 10.1 Å². The van der Waals surface area contributed by atoms with Crippen molar-refractivity contribution < 1.29 is 14.3 Å². The molecule has 3 rings (SSSR count). The summed E-state index contributed by atoms with van der Waals surface area (Å²) in [6.07, 6.45) is 2.47. The van der Waals surface area contributed by atoms with Gasteiger partial charge in [-0.3, -0.25) is 9.69 Å². The van der Waals surface area contributed by atoms with Crippen molar-refractivity contribution in [2.24, 2.45) is 0 Å². The largest absolute Gasteiger partial charge is 0.489 e. The van der Waals surface area contributed by atoms with E-state index in [0.717, 1.165) is 11.3 Å². The van der Waals surface area contributed by atoms with Gasteiger partial charge in [-0.15, -0.1) is 0 Å². The van der Waals surface area contributed by atoms with Crippen LogP contribution in [-0.4, -0.2) is 22.9 Å². The number of halogens is 3. The van der Waals surface area contributed by atoms with Crippen LogP contribution in [0.4, 0.5) is 4.79 Å². The predicted octanol–water partition coefficient (Wildman–Crippen LogP) is 5.92. The van der Waals surface area contributed by atoms with Gasteiger partial charge in [0.2, 0.25) is 0 Å². The SMILES string of the molecule is CC[C@@H](C)Oc1ccc(/C=C2\NC(=O)N(Cc3ccc(Cl)cc3Cl)C2=O)cc1Cl. The summed E-state index contributed by atoms with van der Waals surface area (Å²) in [7, 11) is 0. The average molecular weight is 454 g/mol. The van der Waals surface area contributed by atoms with Crippen LogP contribution in [0, 0.1) is 0 Å². The summed E-state index contributed by atoms with van der Waals surface area (Å²) in [4.78, 5) is 26.1. The third-order valence-corrected chi connectivity index (χ3v) is 5.36. The molecule has 1 atom stereocenters. The second-order valence-corrected chi connectivity index (χ2v) is 7.89. The summed E-state index contributed by atoms with van der Waals surface area (Å²) in [5, 5.41) is 3.88. The van der Waals surface area contributed by atoms with Crippen LogP contribution in [0.25, 0.3) is 6.08 Å². The highest BCUT2D eigenvalue weighted by Gasteiger charge is 2.33. The minimum Gasteiger partial charge on any atom is -0.489 e. The number of nitrogens with zero attached hydrogens (tertiary/aromatic N) is 1. The van der Waals surface area contributed by atoms with Crippen LogP contribution in [-0.2, 0) is 11.3 Å². The Hall–Kier alpha value is -2.21. The maximum atomic E-state index is 12.7. The zero-order valence-electron chi connectivity index (χ0n) is 15.8. The van der Waals surface area contributed by atoms with Gasteiger partial charge in [0, 0.05) is 10.0 Å². The molecule has 0 bridgehead atoms. The van der Waals surface area contributed by atoms with Crippen molar-refractivity contribution in [1.82, 2.24) is 10.2 Å². The number of benzene rings is 2. The summed E-state index contributed by atoms with van der Waals surface area (Å²) in [6, 6.07) is 9.59. The fraction of sp³-hybridized carbons (Fsp3) is 0.238. The van der Waals surface area contributed by atoms with E-state index in [9.17, 15) is 9.59 Å². The zero-order chi connectivity index (χ0) is 21.1. The van der Waals surface area contributed by atoms with Crippen molar-refractivity contribution in [3.63, 3.8) is 0 Å². The molecule has 1 N–H and O–H groups in total. The Bertz CT molecular complexity index is 991. The molecular weight excluding hydrogens is 435 g/mol. The molecule has 8 heteroatoms. The molecule has 0 radical (unpaired) electrons. The summed E-state index contributed by atoms with van der Waals surface area (Å²) >= 11 is 18.3. The van der Waals surface area contributed by atoms with E-state index in [2.05, 4.69) is 5.32 Å². The summed E-state index contributed by atoms with van der Waals surface area (Å²) in [5.74, 6) is 0.126. The number of nitrogens with one attached hydrogen (secondary N) is 1. The van der Waals surface area contributed by atoms with Gasteiger partial charge in [0.25, 0.3) is 5.91 Å². The molecule has 3 amide bonds. The number of rotatable bonds is 6. The molecule has 1 aliphatic rings. The molecule has 1 fully saturated rings. The number of hydrogen-bond acceptors (Lipinski definition) is 3. The number of ether oxygens (including phenoxy) is 1. The Kier molecular flexibility index (Phi) is 6.73. The molecule has 1 saturated heterocycles. The number of hydrogen-bond donors (Lipinski definition) is 1. The van der Waals surface area contributed by atoms with Crippen LogP contribution in [0.3, 0.4) is 0 Å². The van der Waals surface area contributed by atoms with Gasteiger partial charge in [-0.05, 0) is 54.8 Å². The molecule has 0 aliphatic carbocycles. The summed E-state index contributed by atoms with van der Waals surface area (Å²) < 4.78 is 5.74. The number of imide groups is 1. The van der Waals surface area contributed by atoms with Crippen LogP contribution in [0.1, 0.15) is 31.4 Å². The highest BCUT2D eigenvalue weighted by Crippen LogP contribution is 2.29. The summed E-state index contributed by atoms with van der Waals surface area (Å²) in [5.41, 5.74) is 1.45. The smallest absolute Gasteiger partial charge is 0.329 e. The molecule has 2 aromatic carbocycles. The van der Waals surface area contributed by atoms with Crippen LogP contribution in [0.2, 0.25) is 15.1 Å². The first-order chi connectivity index (χ1) is 13.8. The van der Waals surface area contributed by atoms with Gasteiger partial charge in [-0.25, -0.2) is 4.79 Å². The molecule has 2 aromatic rings. The van der Waals surface area contributed by atoms with Crippen molar-refractivity contribution in [2.45, 2.75) is 32.9 Å². The molecule has 0 aromatic heterocycles. The van der Waals surface area contributed by atoms with Crippen molar-refractivity contribution in [3.8, 4) is 5.75 Å². The second kappa shape index (κ2) is 9.08. The van der Waals surface area contributed by atoms with Gasteiger partial charge in [-0.1, -0.05) is 53.9 Å². The third kappa shape index (κ3) is 5.04. The molecule has 152 valence electrons. The summed E-state index contributed by atoms with van der Waals surface area (Å²) in [6.45, 7) is 4.02. The highest BCUT2D eigenvalue weighted by atomic mass is 35.5. The molecular formula is C21H19Cl3N2O3. The van der Waals surface area contributed by atoms with E-state index < -0.39 is 11.9 Å².